The van der Waals surface area contributed by atoms with Gasteiger partial charge in [-0.05, 0) is 107 Å². The largest absolute Gasteiger partial charge is 0.507 e. The quantitative estimate of drug-likeness (QED) is 0.154. The van der Waals surface area contributed by atoms with Crippen molar-refractivity contribution >= 4 is 28.7 Å². The zero-order chi connectivity index (χ0) is 41.3. The summed E-state index contributed by atoms with van der Waals surface area (Å²) in [7, 11) is 0. The number of aromatic amines is 1. The smallest absolute Gasteiger partial charge is 0.234 e. The van der Waals surface area contributed by atoms with Crippen LogP contribution in [0.5, 0.6) is 5.75 Å². The third-order valence-electron chi connectivity index (χ3n) is 14.8. The van der Waals surface area contributed by atoms with Gasteiger partial charge in [-0.2, -0.15) is 0 Å². The van der Waals surface area contributed by atoms with Crippen molar-refractivity contribution in [3.63, 3.8) is 0 Å². The number of aliphatic hydroxyl groups excluding tert-OH is 1. The van der Waals surface area contributed by atoms with Crippen LogP contribution in [0.4, 0.5) is 11.8 Å². The van der Waals surface area contributed by atoms with E-state index in [1.54, 1.807) is 6.07 Å². The number of fused-ring (bicyclic) bond motifs is 3. The zero-order valence-corrected chi connectivity index (χ0v) is 35.3. The van der Waals surface area contributed by atoms with Crippen LogP contribution in [0.1, 0.15) is 113 Å². The van der Waals surface area contributed by atoms with Gasteiger partial charge in [0.15, 0.2) is 17.2 Å². The Labute approximate surface area is 351 Å². The van der Waals surface area contributed by atoms with E-state index < -0.39 is 12.0 Å². The predicted octanol–water partition coefficient (Wildman–Crippen LogP) is 6.58. The minimum absolute atomic E-state index is 0.0257. The molecule has 14 heteroatoms. The summed E-state index contributed by atoms with van der Waals surface area (Å²) in [6.45, 7) is 13.7. The molecule has 14 nitrogen and oxygen atoms in total. The first-order chi connectivity index (χ1) is 29.0. The van der Waals surface area contributed by atoms with Crippen LogP contribution in [-0.2, 0) is 11.2 Å². The van der Waals surface area contributed by atoms with Gasteiger partial charge in [-0.1, -0.05) is 31.1 Å². The van der Waals surface area contributed by atoms with Crippen molar-refractivity contribution in [1.29, 1.82) is 0 Å². The van der Waals surface area contributed by atoms with Gasteiger partial charge >= 0.3 is 0 Å². The Morgan fingerprint density at radius 2 is 1.73 bits per heavy atom. The Bertz CT molecular complexity index is 2340. The van der Waals surface area contributed by atoms with Gasteiger partial charge in [-0.15, -0.1) is 10.2 Å². The van der Waals surface area contributed by atoms with E-state index in [2.05, 4.69) is 68.2 Å². The lowest BCUT2D eigenvalue weighted by Crippen LogP contribution is -2.59. The monoisotopic (exact) mass is 814 g/mol. The number of carbonyl (C=O) groups is 1. The van der Waals surface area contributed by atoms with E-state index in [-0.39, 0.29) is 29.7 Å². The number of para-hydroxylation sites is 1. The summed E-state index contributed by atoms with van der Waals surface area (Å²) in [5, 5.41) is 35.0. The molecule has 4 aliphatic heterocycles. The van der Waals surface area contributed by atoms with E-state index in [1.807, 2.05) is 42.2 Å². The highest BCUT2D eigenvalue weighted by Gasteiger charge is 2.47. The summed E-state index contributed by atoms with van der Waals surface area (Å²) in [6, 6.07) is 12.0. The number of hydrogen-bond donors (Lipinski definition) is 3. The number of nitrogens with zero attached hydrogens (tertiary/aromatic N) is 9. The van der Waals surface area contributed by atoms with Crippen LogP contribution in [0, 0.1) is 11.3 Å². The number of β-amino-alcohol motifs (C(OH)–C–C–N with tert-alkyl or cyclic N) is 1. The number of H-pyrrole nitrogens is 1. The number of phenolic OH excluding ortho intramolecular Hbond substituents is 1. The van der Waals surface area contributed by atoms with Gasteiger partial charge in [0.2, 0.25) is 11.9 Å². The lowest BCUT2D eigenvalue weighted by molar-refractivity contribution is -0.135. The van der Waals surface area contributed by atoms with Crippen LogP contribution >= 0.6 is 0 Å². The molecular formula is C46H58N10O4. The second-order valence-electron chi connectivity index (χ2n) is 18.9. The van der Waals surface area contributed by atoms with Gasteiger partial charge in [0, 0.05) is 90.8 Å². The van der Waals surface area contributed by atoms with Gasteiger partial charge < -0.3 is 39.3 Å². The molecule has 1 unspecified atom stereocenters. The molecule has 316 valence electrons. The highest BCUT2D eigenvalue weighted by atomic mass is 16.5. The molecule has 3 N–H and O–H groups in total. The van der Waals surface area contributed by atoms with Gasteiger partial charge in [0.1, 0.15) is 11.7 Å². The minimum Gasteiger partial charge on any atom is -0.507 e. The number of piperidine rings is 1. The van der Waals surface area contributed by atoms with Crippen LogP contribution in [0.2, 0.25) is 0 Å². The number of aliphatic hydroxyl groups is 1. The van der Waals surface area contributed by atoms with Crippen molar-refractivity contribution < 1.29 is 19.5 Å². The molecular weight excluding hydrogens is 757 g/mol. The summed E-state index contributed by atoms with van der Waals surface area (Å²) in [4.78, 5) is 36.1. The Morgan fingerprint density at radius 3 is 2.43 bits per heavy atom. The fourth-order valence-electron chi connectivity index (χ4n) is 11.3. The highest BCUT2D eigenvalue weighted by Crippen LogP contribution is 2.47. The first-order valence-electron chi connectivity index (χ1n) is 22.2. The van der Waals surface area contributed by atoms with E-state index >= 15 is 0 Å². The zero-order valence-electron chi connectivity index (χ0n) is 35.3. The predicted molar refractivity (Wildman–Crippen MR) is 229 cm³/mol. The third-order valence-corrected chi connectivity index (χ3v) is 14.8. The summed E-state index contributed by atoms with van der Waals surface area (Å²) >= 11 is 0. The van der Waals surface area contributed by atoms with Crippen LogP contribution in [0.3, 0.4) is 0 Å². The Balaban J connectivity index is 0.714. The summed E-state index contributed by atoms with van der Waals surface area (Å²) < 4.78 is 5.85. The van der Waals surface area contributed by atoms with E-state index in [4.69, 9.17) is 14.5 Å². The van der Waals surface area contributed by atoms with Gasteiger partial charge in [-0.25, -0.2) is 9.97 Å². The summed E-state index contributed by atoms with van der Waals surface area (Å²) in [5.41, 5.74) is 6.02. The minimum atomic E-state index is -0.459. The molecule has 4 fully saturated rings. The maximum absolute atomic E-state index is 13.6. The van der Waals surface area contributed by atoms with E-state index in [0.717, 1.165) is 74.8 Å². The van der Waals surface area contributed by atoms with Crippen molar-refractivity contribution in [2.75, 3.05) is 49.1 Å². The number of aromatic nitrogens is 6. The first-order valence-corrected chi connectivity index (χ1v) is 22.2. The second-order valence-corrected chi connectivity index (χ2v) is 18.9. The van der Waals surface area contributed by atoms with Crippen molar-refractivity contribution in [1.82, 2.24) is 40.1 Å². The molecule has 60 heavy (non-hydrogen) atoms. The molecule has 5 aromatic rings. The fraction of sp³-hybridized carbons (Fsp3) is 0.565. The Morgan fingerprint density at radius 1 is 0.983 bits per heavy atom. The molecule has 10 rings (SSSR count). The number of amides is 1. The standard InChI is InChI=1S/C46H58N10O4/c1-27(2)41(44(59)56-24-33(57)19-28(56)3)39-21-40(52-60-39)54-25-46(26-54)14-9-32(10-15-46)53-16-11-30(12-17-53)31-22-47-45(48-23-31)55-18-13-36-42(29(55)4)35-20-37(50-51-43(35)49-36)34-7-5-6-8-38(34)58/h5-8,20-23,27-30,32-33,41,57-58H,9-19,24-26H2,1-4H3,(H,49,51)/t28-,29-,33-,41?/m1/s1. The van der Waals surface area contributed by atoms with Crippen molar-refractivity contribution in [3.05, 3.63) is 71.4 Å². The highest BCUT2D eigenvalue weighted by molar-refractivity contribution is 5.86. The molecule has 4 aromatic heterocycles. The van der Waals surface area contributed by atoms with Crippen molar-refractivity contribution in [2.24, 2.45) is 11.3 Å². The summed E-state index contributed by atoms with van der Waals surface area (Å²) in [6.07, 6.45) is 12.3. The maximum Gasteiger partial charge on any atom is 0.234 e. The molecule has 1 aliphatic carbocycles. The van der Waals surface area contributed by atoms with Gasteiger partial charge in [0.05, 0.1) is 17.8 Å². The molecule has 1 saturated carbocycles. The number of anilines is 2. The van der Waals surface area contributed by atoms with Gasteiger partial charge in [0.25, 0.3) is 0 Å². The van der Waals surface area contributed by atoms with Crippen molar-refractivity contribution in [2.45, 2.75) is 115 Å². The van der Waals surface area contributed by atoms with Crippen LogP contribution in [0.25, 0.3) is 22.3 Å². The van der Waals surface area contributed by atoms with Crippen LogP contribution in [-0.4, -0.2) is 114 Å². The Hall–Kier alpha value is -5.08. The fourth-order valence-corrected chi connectivity index (χ4v) is 11.3. The SMILES string of the molecule is CC(C)C(C(=O)N1C[C@H](O)C[C@H]1C)c1cc(N2CC3(CCC(N4CCC(c5cnc(N6CCc7[nH]c8nnc(-c9ccccc9O)cc8c7[C@H]6C)nc5)CC4)CC3)C2)no1. The number of likely N-dealkylation sites (tertiary alicyclic amines) is 2. The lowest BCUT2D eigenvalue weighted by Gasteiger charge is -2.54. The second kappa shape index (κ2) is 15.4. The molecule has 1 amide bonds. The number of carbonyl (C=O) groups excluding carboxylic acids is 1. The number of rotatable bonds is 8. The van der Waals surface area contributed by atoms with Crippen LogP contribution in [0.15, 0.2) is 53.3 Å². The number of nitrogens with one attached hydrogen (secondary N) is 1. The van der Waals surface area contributed by atoms with Gasteiger partial charge in [-0.3, -0.25) is 4.79 Å². The normalized spacial score (nSPS) is 24.4. The van der Waals surface area contributed by atoms with E-state index in [9.17, 15) is 15.0 Å². The van der Waals surface area contributed by atoms with Crippen LogP contribution < -0.4 is 9.80 Å². The maximum atomic E-state index is 13.6. The molecule has 0 bridgehead atoms. The third kappa shape index (κ3) is 6.98. The molecule has 3 saturated heterocycles. The Kier molecular flexibility index (Phi) is 10.1. The van der Waals surface area contributed by atoms with Crippen molar-refractivity contribution in [3.8, 4) is 17.0 Å². The van der Waals surface area contributed by atoms with E-state index in [0.29, 0.717) is 47.4 Å². The number of aromatic hydroxyl groups is 1. The summed E-state index contributed by atoms with van der Waals surface area (Å²) in [5.74, 6) is 2.58. The molecule has 0 radical (unpaired) electrons. The number of hydrogen-bond acceptors (Lipinski definition) is 12. The molecule has 1 spiro atoms. The topological polar surface area (TPSA) is 164 Å². The number of phenols is 1. The lowest BCUT2D eigenvalue weighted by atomic mass is 9.67. The first kappa shape index (κ1) is 39.1. The van der Waals surface area contributed by atoms with E-state index in [1.165, 1.54) is 42.5 Å². The molecule has 1 aromatic carbocycles. The number of benzene rings is 1. The average Bonchev–Trinajstić information content (AvgIpc) is 3.97. The molecule has 8 heterocycles. The average molecular weight is 815 g/mol. The molecule has 5 aliphatic rings. The molecule has 4 atom stereocenters.